The van der Waals surface area contributed by atoms with E-state index in [-0.39, 0.29) is 12.3 Å². The Morgan fingerprint density at radius 2 is 2.35 bits per heavy atom. The summed E-state index contributed by atoms with van der Waals surface area (Å²) in [5.41, 5.74) is 7.47. The fourth-order valence-electron chi connectivity index (χ4n) is 1.45. The number of ether oxygens (including phenoxy) is 1. The van der Waals surface area contributed by atoms with Crippen molar-refractivity contribution in [1.82, 2.24) is 4.90 Å². The van der Waals surface area contributed by atoms with Crippen molar-refractivity contribution in [3.63, 3.8) is 0 Å². The second-order valence-corrected chi connectivity index (χ2v) is 3.62. The third-order valence-corrected chi connectivity index (χ3v) is 2.36. The Morgan fingerprint density at radius 1 is 1.65 bits per heavy atom. The number of amides is 1. The molecule has 0 bridgehead atoms. The van der Waals surface area contributed by atoms with Crippen LogP contribution >= 0.6 is 0 Å². The molecule has 1 heterocycles. The zero-order valence-corrected chi connectivity index (χ0v) is 9.47. The molecule has 0 unspecified atom stereocenters. The van der Waals surface area contributed by atoms with E-state index < -0.39 is 12.1 Å². The van der Waals surface area contributed by atoms with Gasteiger partial charge in [0.2, 0.25) is 0 Å². The number of nitrogens with one attached hydrogen (secondary N) is 1. The van der Waals surface area contributed by atoms with E-state index in [1.165, 1.54) is 11.8 Å². The number of carbonyl (C=O) groups excluding carboxylic acids is 1. The normalized spacial score (nSPS) is 14.6. The number of hydrogen-bond donors (Lipinski definition) is 2. The Bertz CT molecular complexity index is 410. The van der Waals surface area contributed by atoms with Crippen molar-refractivity contribution in [2.45, 2.75) is 19.8 Å². The van der Waals surface area contributed by atoms with Gasteiger partial charge in [-0.1, -0.05) is 11.6 Å². The minimum absolute atomic E-state index is 0.00132. The van der Waals surface area contributed by atoms with E-state index in [0.717, 1.165) is 5.57 Å². The van der Waals surface area contributed by atoms with Gasteiger partial charge in [-0.25, -0.2) is 4.79 Å². The standard InChI is InChI=1S/C10H13N3O4/c1-7(12-11)17-9(14)6-8-2-4-13(5-3-8)10(15)16/h2,11H,3-6H2,1H3/p+1. The summed E-state index contributed by atoms with van der Waals surface area (Å²) in [5.74, 6) is -0.480. The molecular formula is C10H14N3O4+. The molecule has 0 aromatic carbocycles. The van der Waals surface area contributed by atoms with E-state index in [1.807, 2.05) is 0 Å². The summed E-state index contributed by atoms with van der Waals surface area (Å²) in [4.78, 5) is 26.2. The summed E-state index contributed by atoms with van der Waals surface area (Å²) in [6.45, 7) is 2.11. The van der Waals surface area contributed by atoms with Gasteiger partial charge in [0.25, 0.3) is 0 Å². The van der Waals surface area contributed by atoms with Crippen molar-refractivity contribution in [3.05, 3.63) is 11.6 Å². The number of rotatable bonds is 2. The highest BCUT2D eigenvalue weighted by atomic mass is 16.5. The van der Waals surface area contributed by atoms with E-state index in [4.69, 9.17) is 15.4 Å². The summed E-state index contributed by atoms with van der Waals surface area (Å²) < 4.78 is 4.73. The first kappa shape index (κ1) is 12.9. The Kier molecular flexibility index (Phi) is 4.42. The highest BCUT2D eigenvalue weighted by Gasteiger charge is 2.19. The van der Waals surface area contributed by atoms with Crippen LogP contribution in [0.25, 0.3) is 0 Å². The van der Waals surface area contributed by atoms with Crippen molar-refractivity contribution >= 4 is 18.0 Å². The third-order valence-electron chi connectivity index (χ3n) is 2.36. The van der Waals surface area contributed by atoms with E-state index in [2.05, 4.69) is 4.79 Å². The largest absolute Gasteiger partial charge is 0.504 e. The molecule has 0 spiro atoms. The summed E-state index contributed by atoms with van der Waals surface area (Å²) in [5, 5.41) is 8.73. The predicted octanol–water partition coefficient (Wildman–Crippen LogP) is 0.887. The van der Waals surface area contributed by atoms with Gasteiger partial charge < -0.3 is 14.7 Å². The Balaban J connectivity index is 2.46. The SMILES string of the molecule is CC(=[N+]=N)OC(=O)CC1=CCN(C(=O)O)CC1. The molecule has 0 fully saturated rings. The third kappa shape index (κ3) is 4.08. The molecule has 0 saturated carbocycles. The highest BCUT2D eigenvalue weighted by Crippen LogP contribution is 2.14. The van der Waals surface area contributed by atoms with Crippen LogP contribution in [0.5, 0.6) is 0 Å². The smallest absolute Gasteiger partial charge is 0.465 e. The number of nitrogens with zero attached hydrogens (tertiary/aromatic N) is 2. The maximum Gasteiger partial charge on any atom is 0.504 e. The van der Waals surface area contributed by atoms with Gasteiger partial charge in [0, 0.05) is 13.1 Å². The van der Waals surface area contributed by atoms with Crippen molar-refractivity contribution in [2.75, 3.05) is 13.1 Å². The molecule has 0 aliphatic carbocycles. The Labute approximate surface area is 97.9 Å². The number of hydrogen-bond acceptors (Lipinski definition) is 4. The van der Waals surface area contributed by atoms with Crippen LogP contribution in [0, 0.1) is 5.53 Å². The van der Waals surface area contributed by atoms with Gasteiger partial charge >= 0.3 is 18.0 Å². The maximum atomic E-state index is 11.3. The number of carbonyl (C=O) groups is 2. The molecule has 1 amide bonds. The van der Waals surface area contributed by atoms with Crippen molar-refractivity contribution < 1.29 is 24.2 Å². The Hall–Kier alpha value is -2.14. The highest BCUT2D eigenvalue weighted by molar-refractivity contribution is 5.85. The molecule has 7 heteroatoms. The minimum atomic E-state index is -0.958. The first-order valence-corrected chi connectivity index (χ1v) is 5.10. The molecule has 1 aliphatic heterocycles. The number of carboxylic acid groups (broad SMARTS) is 1. The molecule has 0 atom stereocenters. The van der Waals surface area contributed by atoms with Crippen molar-refractivity contribution in [3.8, 4) is 0 Å². The molecule has 0 radical (unpaired) electrons. The predicted molar refractivity (Wildman–Crippen MR) is 56.7 cm³/mol. The first-order chi connectivity index (χ1) is 8.02. The van der Waals surface area contributed by atoms with Gasteiger partial charge in [0.1, 0.15) is 0 Å². The lowest BCUT2D eigenvalue weighted by molar-refractivity contribution is -0.158. The molecule has 92 valence electrons. The second-order valence-electron chi connectivity index (χ2n) is 3.62. The van der Waals surface area contributed by atoms with Crippen LogP contribution < -0.4 is 0 Å². The second kappa shape index (κ2) is 5.81. The molecule has 17 heavy (non-hydrogen) atoms. The Morgan fingerprint density at radius 3 is 2.82 bits per heavy atom. The van der Waals surface area contributed by atoms with Crippen molar-refractivity contribution in [2.24, 2.45) is 0 Å². The van der Waals surface area contributed by atoms with Gasteiger partial charge in [0.05, 0.1) is 23.7 Å². The lowest BCUT2D eigenvalue weighted by atomic mass is 10.1. The maximum absolute atomic E-state index is 11.3. The van der Waals surface area contributed by atoms with E-state index in [1.54, 1.807) is 6.08 Å². The lowest BCUT2D eigenvalue weighted by Crippen LogP contribution is -2.33. The topological polar surface area (TPSA) is 105 Å². The van der Waals surface area contributed by atoms with Gasteiger partial charge in [-0.05, 0) is 6.42 Å². The van der Waals surface area contributed by atoms with Crippen LogP contribution in [0.1, 0.15) is 19.8 Å². The zero-order chi connectivity index (χ0) is 12.8. The molecule has 1 aliphatic rings. The van der Waals surface area contributed by atoms with E-state index in [9.17, 15) is 9.59 Å². The van der Waals surface area contributed by atoms with Gasteiger partial charge in [-0.2, -0.15) is 0 Å². The van der Waals surface area contributed by atoms with Crippen LogP contribution in [0.2, 0.25) is 0 Å². The van der Waals surface area contributed by atoms with Gasteiger partial charge in [-0.3, -0.25) is 4.79 Å². The molecule has 0 saturated heterocycles. The lowest BCUT2D eigenvalue weighted by Gasteiger charge is -2.23. The molecular weight excluding hydrogens is 226 g/mol. The van der Waals surface area contributed by atoms with Crippen LogP contribution in [-0.4, -0.2) is 45.8 Å². The summed E-state index contributed by atoms with van der Waals surface area (Å²) in [6.07, 6.45) is 1.39. The number of esters is 1. The average Bonchev–Trinajstić information content (AvgIpc) is 2.29. The van der Waals surface area contributed by atoms with E-state index in [0.29, 0.717) is 19.5 Å². The van der Waals surface area contributed by atoms with Gasteiger partial charge in [-0.15, -0.1) is 0 Å². The molecule has 0 aromatic rings. The van der Waals surface area contributed by atoms with Crippen LogP contribution in [0.4, 0.5) is 4.79 Å². The molecule has 0 aromatic heterocycles. The molecule has 2 N–H and O–H groups in total. The summed E-state index contributed by atoms with van der Waals surface area (Å²) >= 11 is 0. The van der Waals surface area contributed by atoms with Crippen molar-refractivity contribution in [1.29, 1.82) is 5.53 Å². The van der Waals surface area contributed by atoms with Crippen LogP contribution in [0.15, 0.2) is 11.6 Å². The fourth-order valence-corrected chi connectivity index (χ4v) is 1.45. The monoisotopic (exact) mass is 240 g/mol. The van der Waals surface area contributed by atoms with Crippen LogP contribution in [-0.2, 0) is 9.53 Å². The average molecular weight is 240 g/mol. The van der Waals surface area contributed by atoms with E-state index >= 15 is 0 Å². The zero-order valence-electron chi connectivity index (χ0n) is 9.47. The summed E-state index contributed by atoms with van der Waals surface area (Å²) in [7, 11) is 0. The molecule has 7 nitrogen and oxygen atoms in total. The first-order valence-electron chi connectivity index (χ1n) is 5.10. The summed E-state index contributed by atoms with van der Waals surface area (Å²) in [6, 6.07) is 0. The fraction of sp³-hybridized carbons (Fsp3) is 0.500. The minimum Gasteiger partial charge on any atom is -0.465 e. The quantitative estimate of drug-likeness (QED) is 0.187. The van der Waals surface area contributed by atoms with Gasteiger partial charge in [0.15, 0.2) is 0 Å². The van der Waals surface area contributed by atoms with Crippen LogP contribution in [0.3, 0.4) is 0 Å². The molecule has 1 rings (SSSR count).